The van der Waals surface area contributed by atoms with Gasteiger partial charge < -0.3 is 16.0 Å². The molecule has 0 spiro atoms. The minimum absolute atomic E-state index is 0.0266. The molecule has 1 aliphatic heterocycles. The van der Waals surface area contributed by atoms with E-state index < -0.39 is 0 Å². The van der Waals surface area contributed by atoms with E-state index in [4.69, 9.17) is 0 Å². The molecule has 1 heterocycles. The fourth-order valence-electron chi connectivity index (χ4n) is 1.91. The number of piperazine rings is 1. The standard InChI is InChI=1S/C12H22N4O2/c1-3-5-15-11(17)9-16-7-6-13-8-10(16)12(18)14-4-2/h3,10,13H,1,4-9H2,2H3,(H,14,18)(H,15,17). The van der Waals surface area contributed by atoms with Crippen LogP contribution in [0.4, 0.5) is 0 Å². The summed E-state index contributed by atoms with van der Waals surface area (Å²) in [5.74, 6) is -0.104. The first kappa shape index (κ1) is 14.7. The SMILES string of the molecule is C=CCNC(=O)CN1CCNCC1C(=O)NCC. The number of hydrogen-bond donors (Lipinski definition) is 3. The van der Waals surface area contributed by atoms with Gasteiger partial charge in [-0.3, -0.25) is 14.5 Å². The van der Waals surface area contributed by atoms with Crippen molar-refractivity contribution in [2.75, 3.05) is 39.3 Å². The van der Waals surface area contributed by atoms with Crippen LogP contribution in [-0.4, -0.2) is 62.0 Å². The number of carbonyl (C=O) groups is 2. The third-order valence-corrected chi connectivity index (χ3v) is 2.80. The number of nitrogens with zero attached hydrogens (tertiary/aromatic N) is 1. The van der Waals surface area contributed by atoms with Crippen LogP contribution in [0.2, 0.25) is 0 Å². The van der Waals surface area contributed by atoms with Gasteiger partial charge in [-0.05, 0) is 6.92 Å². The second-order valence-electron chi connectivity index (χ2n) is 4.18. The Bertz CT molecular complexity index is 306. The Morgan fingerprint density at radius 2 is 2.28 bits per heavy atom. The van der Waals surface area contributed by atoms with Crippen molar-refractivity contribution in [3.05, 3.63) is 12.7 Å². The average Bonchev–Trinajstić information content (AvgIpc) is 2.37. The third-order valence-electron chi connectivity index (χ3n) is 2.80. The predicted octanol–water partition coefficient (Wildman–Crippen LogP) is -1.30. The number of likely N-dealkylation sites (N-methyl/N-ethyl adjacent to an activating group) is 1. The maximum Gasteiger partial charge on any atom is 0.238 e. The topological polar surface area (TPSA) is 73.5 Å². The van der Waals surface area contributed by atoms with Crippen LogP contribution in [0.1, 0.15) is 6.92 Å². The van der Waals surface area contributed by atoms with E-state index in [-0.39, 0.29) is 24.4 Å². The van der Waals surface area contributed by atoms with Gasteiger partial charge in [0, 0.05) is 32.7 Å². The smallest absolute Gasteiger partial charge is 0.238 e. The summed E-state index contributed by atoms with van der Waals surface area (Å²) in [6.07, 6.45) is 1.64. The molecule has 0 aromatic rings. The van der Waals surface area contributed by atoms with Crippen molar-refractivity contribution in [2.24, 2.45) is 0 Å². The summed E-state index contributed by atoms with van der Waals surface area (Å²) >= 11 is 0. The first-order valence-corrected chi connectivity index (χ1v) is 6.29. The number of rotatable bonds is 6. The van der Waals surface area contributed by atoms with Crippen molar-refractivity contribution in [1.29, 1.82) is 0 Å². The molecule has 6 heteroatoms. The van der Waals surface area contributed by atoms with Crippen molar-refractivity contribution in [1.82, 2.24) is 20.9 Å². The quantitative estimate of drug-likeness (QED) is 0.515. The molecular weight excluding hydrogens is 232 g/mol. The van der Waals surface area contributed by atoms with E-state index >= 15 is 0 Å². The Labute approximate surface area is 108 Å². The van der Waals surface area contributed by atoms with Crippen LogP contribution in [0, 0.1) is 0 Å². The van der Waals surface area contributed by atoms with Gasteiger partial charge in [-0.25, -0.2) is 0 Å². The normalized spacial score (nSPS) is 20.2. The lowest BCUT2D eigenvalue weighted by atomic mass is 10.1. The van der Waals surface area contributed by atoms with Crippen LogP contribution in [0.15, 0.2) is 12.7 Å². The molecule has 0 aromatic heterocycles. The first-order valence-electron chi connectivity index (χ1n) is 6.29. The van der Waals surface area contributed by atoms with Crippen molar-refractivity contribution in [3.8, 4) is 0 Å². The summed E-state index contributed by atoms with van der Waals surface area (Å²) < 4.78 is 0. The average molecular weight is 254 g/mol. The molecule has 6 nitrogen and oxygen atoms in total. The Morgan fingerprint density at radius 3 is 2.94 bits per heavy atom. The minimum atomic E-state index is -0.270. The molecule has 0 aliphatic carbocycles. The Morgan fingerprint density at radius 1 is 1.50 bits per heavy atom. The molecule has 1 aliphatic rings. The van der Waals surface area contributed by atoms with Gasteiger partial charge in [0.2, 0.25) is 11.8 Å². The van der Waals surface area contributed by atoms with Crippen LogP contribution in [0.3, 0.4) is 0 Å². The van der Waals surface area contributed by atoms with Gasteiger partial charge >= 0.3 is 0 Å². The molecule has 3 N–H and O–H groups in total. The number of nitrogens with one attached hydrogen (secondary N) is 3. The van der Waals surface area contributed by atoms with E-state index in [0.29, 0.717) is 26.2 Å². The van der Waals surface area contributed by atoms with E-state index in [1.165, 1.54) is 0 Å². The lowest BCUT2D eigenvalue weighted by molar-refractivity contribution is -0.129. The fraction of sp³-hybridized carbons (Fsp3) is 0.667. The third kappa shape index (κ3) is 4.46. The van der Waals surface area contributed by atoms with Gasteiger partial charge in [-0.15, -0.1) is 6.58 Å². The van der Waals surface area contributed by atoms with Crippen LogP contribution < -0.4 is 16.0 Å². The second kappa shape index (κ2) is 7.84. The summed E-state index contributed by atoms with van der Waals surface area (Å²) in [6.45, 7) is 8.81. The van der Waals surface area contributed by atoms with Crippen LogP contribution in [0.25, 0.3) is 0 Å². The van der Waals surface area contributed by atoms with Crippen molar-refractivity contribution in [2.45, 2.75) is 13.0 Å². The molecule has 1 saturated heterocycles. The van der Waals surface area contributed by atoms with Crippen LogP contribution in [-0.2, 0) is 9.59 Å². The zero-order chi connectivity index (χ0) is 13.4. The molecule has 0 saturated carbocycles. The van der Waals surface area contributed by atoms with Gasteiger partial charge in [0.05, 0.1) is 6.54 Å². The van der Waals surface area contributed by atoms with E-state index in [1.807, 2.05) is 11.8 Å². The summed E-state index contributed by atoms with van der Waals surface area (Å²) in [6, 6.07) is -0.270. The van der Waals surface area contributed by atoms with Gasteiger partial charge in [0.15, 0.2) is 0 Å². The maximum absolute atomic E-state index is 11.9. The second-order valence-corrected chi connectivity index (χ2v) is 4.18. The van der Waals surface area contributed by atoms with Crippen molar-refractivity contribution < 1.29 is 9.59 Å². The fourth-order valence-corrected chi connectivity index (χ4v) is 1.91. The largest absolute Gasteiger partial charge is 0.355 e. The van der Waals surface area contributed by atoms with Gasteiger partial charge in [-0.1, -0.05) is 6.08 Å². The number of hydrogen-bond acceptors (Lipinski definition) is 4. The van der Waals surface area contributed by atoms with Gasteiger partial charge in [0.25, 0.3) is 0 Å². The van der Waals surface area contributed by atoms with E-state index in [2.05, 4.69) is 22.5 Å². The summed E-state index contributed by atoms with van der Waals surface area (Å²) in [7, 11) is 0. The molecule has 102 valence electrons. The predicted molar refractivity (Wildman–Crippen MR) is 70.1 cm³/mol. The molecule has 0 bridgehead atoms. The first-order chi connectivity index (χ1) is 8.69. The maximum atomic E-state index is 11.9. The Kier molecular flexibility index (Phi) is 6.38. The highest BCUT2D eigenvalue weighted by atomic mass is 16.2. The molecular formula is C12H22N4O2. The van der Waals surface area contributed by atoms with E-state index in [1.54, 1.807) is 6.08 Å². The summed E-state index contributed by atoms with van der Waals surface area (Å²) in [5.41, 5.74) is 0. The summed E-state index contributed by atoms with van der Waals surface area (Å²) in [4.78, 5) is 25.4. The highest BCUT2D eigenvalue weighted by Gasteiger charge is 2.29. The lowest BCUT2D eigenvalue weighted by Crippen LogP contribution is -2.59. The molecule has 0 radical (unpaired) electrons. The summed E-state index contributed by atoms with van der Waals surface area (Å²) in [5, 5.41) is 8.68. The molecule has 1 rings (SSSR count). The molecule has 18 heavy (non-hydrogen) atoms. The highest BCUT2D eigenvalue weighted by Crippen LogP contribution is 2.03. The number of amides is 2. The molecule has 1 unspecified atom stereocenters. The molecule has 1 atom stereocenters. The monoisotopic (exact) mass is 254 g/mol. The van der Waals surface area contributed by atoms with Crippen LogP contribution in [0.5, 0.6) is 0 Å². The molecule has 0 aromatic carbocycles. The van der Waals surface area contributed by atoms with E-state index in [9.17, 15) is 9.59 Å². The molecule has 1 fully saturated rings. The molecule has 2 amide bonds. The zero-order valence-electron chi connectivity index (χ0n) is 10.9. The minimum Gasteiger partial charge on any atom is -0.355 e. The zero-order valence-corrected chi connectivity index (χ0v) is 10.9. The van der Waals surface area contributed by atoms with E-state index in [0.717, 1.165) is 6.54 Å². The van der Waals surface area contributed by atoms with Gasteiger partial charge in [-0.2, -0.15) is 0 Å². The van der Waals surface area contributed by atoms with Crippen LogP contribution >= 0.6 is 0 Å². The Balaban J connectivity index is 2.51. The Hall–Kier alpha value is -1.40. The highest BCUT2D eigenvalue weighted by molar-refractivity contribution is 5.84. The van der Waals surface area contributed by atoms with Crippen molar-refractivity contribution >= 4 is 11.8 Å². The van der Waals surface area contributed by atoms with Crippen molar-refractivity contribution in [3.63, 3.8) is 0 Å². The van der Waals surface area contributed by atoms with Gasteiger partial charge in [0.1, 0.15) is 6.04 Å². The lowest BCUT2D eigenvalue weighted by Gasteiger charge is -2.34. The number of carbonyl (C=O) groups excluding carboxylic acids is 2.